The normalized spacial score (nSPS) is 15.2. The second-order valence-electron chi connectivity index (χ2n) is 9.56. The van der Waals surface area contributed by atoms with E-state index in [1.807, 2.05) is 61.3 Å². The number of benzene rings is 3. The Morgan fingerprint density at radius 3 is 2.31 bits per heavy atom. The number of carbonyl (C=O) groups excluding carboxylic acids is 1. The van der Waals surface area contributed by atoms with E-state index in [1.54, 1.807) is 31.4 Å². The summed E-state index contributed by atoms with van der Waals surface area (Å²) in [5, 5.41) is 17.0. The highest BCUT2D eigenvalue weighted by Crippen LogP contribution is 2.51. The molecule has 0 spiro atoms. The van der Waals surface area contributed by atoms with Gasteiger partial charge in [-0.3, -0.25) is 9.80 Å². The Labute approximate surface area is 230 Å². The number of methoxy groups -OCH3 is 2. The first-order chi connectivity index (χ1) is 18.4. The van der Waals surface area contributed by atoms with Crippen LogP contribution in [0.5, 0.6) is 17.2 Å². The fourth-order valence-corrected chi connectivity index (χ4v) is 4.92. The van der Waals surface area contributed by atoms with Crippen LogP contribution in [0.15, 0.2) is 54.6 Å². The van der Waals surface area contributed by atoms with Crippen molar-refractivity contribution in [3.8, 4) is 28.4 Å². The molecule has 3 aromatic rings. The molecule has 39 heavy (non-hydrogen) atoms. The zero-order valence-corrected chi connectivity index (χ0v) is 22.9. The van der Waals surface area contributed by atoms with Gasteiger partial charge in [0.1, 0.15) is 28.5 Å². The van der Waals surface area contributed by atoms with Gasteiger partial charge in [0.2, 0.25) is 0 Å². The molecular formula is C28H30F3N3O4S. The maximum Gasteiger partial charge on any atom is 0.389 e. The van der Waals surface area contributed by atoms with Gasteiger partial charge < -0.3 is 19.9 Å². The van der Waals surface area contributed by atoms with Crippen molar-refractivity contribution in [2.45, 2.75) is 38.5 Å². The van der Waals surface area contributed by atoms with E-state index in [9.17, 15) is 23.1 Å². The van der Waals surface area contributed by atoms with Gasteiger partial charge in [0, 0.05) is 17.2 Å². The first kappa shape index (κ1) is 28.3. The van der Waals surface area contributed by atoms with Gasteiger partial charge in [-0.2, -0.15) is 25.8 Å². The summed E-state index contributed by atoms with van der Waals surface area (Å²) in [6, 6.07) is 16.8. The average Bonchev–Trinajstić information content (AvgIpc) is 3.28. The van der Waals surface area contributed by atoms with Gasteiger partial charge in [0.05, 0.1) is 38.6 Å². The van der Waals surface area contributed by atoms with Crippen molar-refractivity contribution in [1.29, 1.82) is 0 Å². The molecule has 208 valence electrons. The predicted octanol–water partition coefficient (Wildman–Crippen LogP) is 6.42. The minimum atomic E-state index is -4.03. The highest BCUT2D eigenvalue weighted by atomic mass is 32.1. The summed E-state index contributed by atoms with van der Waals surface area (Å²) in [5.41, 5.74) is 4.54. The van der Waals surface area contributed by atoms with Gasteiger partial charge in [-0.25, -0.2) is 5.01 Å². The molecule has 0 unspecified atom stereocenters. The minimum absolute atomic E-state index is 0.0514. The number of amides is 1. The Balaban J connectivity index is 0.000000448. The van der Waals surface area contributed by atoms with Gasteiger partial charge in [-0.15, -0.1) is 0 Å². The lowest BCUT2D eigenvalue weighted by atomic mass is 9.93. The summed E-state index contributed by atoms with van der Waals surface area (Å²) in [5.74, 6) is 1.22. The highest BCUT2D eigenvalue weighted by Gasteiger charge is 2.47. The number of hydrogen-bond acceptors (Lipinski definition) is 7. The van der Waals surface area contributed by atoms with E-state index in [4.69, 9.17) is 9.47 Å². The lowest BCUT2D eigenvalue weighted by molar-refractivity contribution is -0.129. The number of phenolic OH excluding ortho intramolecular Hbond substituents is 1. The number of thiol groups is 1. The van der Waals surface area contributed by atoms with E-state index in [1.165, 1.54) is 0 Å². The summed E-state index contributed by atoms with van der Waals surface area (Å²) in [7, 11) is 3.21. The smallest absolute Gasteiger partial charge is 0.389 e. The van der Waals surface area contributed by atoms with E-state index < -0.39 is 18.1 Å². The standard InChI is InChI=1S/C25H25N3O4.C3H5F3S/c1-25(2)24(30)28-23-18(14-27(28)20-7-5-6-8-21(20)31-3)16(11-12-19(23)26-25)17-10-9-15(29)13-22(17)32-4;4-3(5,6)1-2-7/h5-13,26,29H,14H2,1-4H3;7H,1-2H2. The molecule has 11 heteroatoms. The number of halogens is 3. The number of anilines is 3. The summed E-state index contributed by atoms with van der Waals surface area (Å²) in [6.07, 6.45) is -4.82. The Kier molecular flexibility index (Phi) is 7.83. The van der Waals surface area contributed by atoms with Crippen LogP contribution < -0.4 is 24.8 Å². The molecule has 7 nitrogen and oxygen atoms in total. The van der Waals surface area contributed by atoms with E-state index in [2.05, 4.69) is 17.9 Å². The number of carbonyl (C=O) groups is 1. The Hall–Kier alpha value is -3.73. The van der Waals surface area contributed by atoms with Crippen molar-refractivity contribution < 1.29 is 32.5 Å². The molecule has 0 bridgehead atoms. The van der Waals surface area contributed by atoms with Crippen LogP contribution in [0.3, 0.4) is 0 Å². The lowest BCUT2D eigenvalue weighted by Gasteiger charge is -2.41. The number of alkyl halides is 3. The molecule has 2 aliphatic heterocycles. The molecule has 2 heterocycles. The van der Waals surface area contributed by atoms with Gasteiger partial charge in [-0.05, 0) is 55.5 Å². The van der Waals surface area contributed by atoms with E-state index >= 15 is 0 Å². The van der Waals surface area contributed by atoms with Gasteiger partial charge in [0.25, 0.3) is 5.91 Å². The van der Waals surface area contributed by atoms with Crippen molar-refractivity contribution in [3.63, 3.8) is 0 Å². The summed E-state index contributed by atoms with van der Waals surface area (Å²) < 4.78 is 44.2. The summed E-state index contributed by atoms with van der Waals surface area (Å²) in [6.45, 7) is 4.24. The predicted molar refractivity (Wildman–Crippen MR) is 149 cm³/mol. The van der Waals surface area contributed by atoms with Crippen LogP contribution in [-0.2, 0) is 11.3 Å². The number of aromatic hydroxyl groups is 1. The third-order valence-electron chi connectivity index (χ3n) is 6.45. The number of hydrazine groups is 1. The number of hydrogen-bond donors (Lipinski definition) is 3. The Bertz CT molecular complexity index is 1380. The molecular weight excluding hydrogens is 531 g/mol. The fraction of sp³-hybridized carbons (Fsp3) is 0.321. The van der Waals surface area contributed by atoms with Gasteiger partial charge in [-0.1, -0.05) is 18.2 Å². The van der Waals surface area contributed by atoms with Crippen LogP contribution in [0.1, 0.15) is 25.8 Å². The molecule has 0 saturated carbocycles. The van der Waals surface area contributed by atoms with Crippen LogP contribution >= 0.6 is 12.6 Å². The van der Waals surface area contributed by atoms with Crippen LogP contribution in [-0.4, -0.2) is 42.7 Å². The average molecular weight is 562 g/mol. The zero-order chi connectivity index (χ0) is 28.5. The third-order valence-corrected chi connectivity index (χ3v) is 6.68. The maximum absolute atomic E-state index is 13.6. The fourth-order valence-electron chi connectivity index (χ4n) is 4.66. The first-order valence-electron chi connectivity index (χ1n) is 12.2. The zero-order valence-electron chi connectivity index (χ0n) is 22.0. The quantitative estimate of drug-likeness (QED) is 0.313. The Morgan fingerprint density at radius 1 is 1.03 bits per heavy atom. The van der Waals surface area contributed by atoms with Crippen molar-refractivity contribution in [3.05, 3.63) is 60.2 Å². The van der Waals surface area contributed by atoms with Crippen molar-refractivity contribution in [2.75, 3.05) is 35.3 Å². The molecule has 0 radical (unpaired) electrons. The minimum Gasteiger partial charge on any atom is -0.508 e. The van der Waals surface area contributed by atoms with Crippen LogP contribution in [0.25, 0.3) is 11.1 Å². The van der Waals surface area contributed by atoms with Crippen LogP contribution in [0.4, 0.5) is 30.2 Å². The van der Waals surface area contributed by atoms with E-state index in [-0.39, 0.29) is 17.4 Å². The molecule has 1 amide bonds. The van der Waals surface area contributed by atoms with E-state index in [0.29, 0.717) is 18.0 Å². The highest BCUT2D eigenvalue weighted by molar-refractivity contribution is 7.80. The first-order valence-corrected chi connectivity index (χ1v) is 12.8. The molecule has 5 rings (SSSR count). The topological polar surface area (TPSA) is 74.3 Å². The van der Waals surface area contributed by atoms with Crippen molar-refractivity contribution in [2.24, 2.45) is 0 Å². The van der Waals surface area contributed by atoms with Gasteiger partial charge >= 0.3 is 6.18 Å². The lowest BCUT2D eigenvalue weighted by Crippen LogP contribution is -2.57. The number of nitrogens with zero attached hydrogens (tertiary/aromatic N) is 2. The number of para-hydroxylation sites is 2. The Morgan fingerprint density at radius 2 is 1.69 bits per heavy atom. The van der Waals surface area contributed by atoms with Crippen LogP contribution in [0.2, 0.25) is 0 Å². The number of rotatable bonds is 5. The molecule has 0 saturated heterocycles. The SMILES string of the molecule is COc1cc(O)ccc1-c1ccc2c3c1CN(c1ccccc1OC)N3C(=O)C(C)(C)N2.FC(F)(F)CCS. The van der Waals surface area contributed by atoms with Crippen molar-refractivity contribution >= 4 is 35.6 Å². The summed E-state index contributed by atoms with van der Waals surface area (Å²) in [4.78, 5) is 13.6. The maximum atomic E-state index is 13.6. The van der Waals surface area contributed by atoms with Crippen molar-refractivity contribution in [1.82, 2.24) is 0 Å². The van der Waals surface area contributed by atoms with E-state index in [0.717, 1.165) is 33.8 Å². The second-order valence-corrected chi connectivity index (χ2v) is 10.0. The molecule has 0 atom stereocenters. The number of phenols is 1. The molecule has 0 aliphatic carbocycles. The molecule has 0 aromatic heterocycles. The molecule has 0 fully saturated rings. The monoisotopic (exact) mass is 561 g/mol. The van der Waals surface area contributed by atoms with Gasteiger partial charge in [0.15, 0.2) is 0 Å². The third kappa shape index (κ3) is 5.54. The molecule has 2 aliphatic rings. The summed E-state index contributed by atoms with van der Waals surface area (Å²) >= 11 is 3.39. The molecule has 2 N–H and O–H groups in total. The second kappa shape index (κ2) is 10.8. The molecule has 3 aromatic carbocycles. The van der Waals surface area contributed by atoms with Crippen LogP contribution in [0, 0.1) is 0 Å². The largest absolute Gasteiger partial charge is 0.508 e. The number of ether oxygens (including phenoxy) is 2. The number of nitrogens with one attached hydrogen (secondary N) is 1.